The highest BCUT2D eigenvalue weighted by Gasteiger charge is 2.22. The van der Waals surface area contributed by atoms with Crippen LogP contribution < -0.4 is 5.32 Å². The molecule has 0 aromatic rings. The quantitative estimate of drug-likeness (QED) is 0.854. The number of rotatable bonds is 4. The fourth-order valence-electron chi connectivity index (χ4n) is 3.03. The standard InChI is InChI=1S/C11H21NO.C7H15N/c1-4-5-6-12-7-8-13-9-11(12)10(2)3;1-8-7-5-3-2-4-6-7/h5-6,10-11H,4,7-9H2,1-3H3;7-8H,2-6H2,1H3/b6-5+;. The van der Waals surface area contributed by atoms with Crippen LogP contribution in [-0.2, 0) is 4.74 Å². The van der Waals surface area contributed by atoms with Gasteiger partial charge >= 0.3 is 0 Å². The predicted octanol–water partition coefficient (Wildman–Crippen LogP) is 3.81. The third-order valence-electron chi connectivity index (χ3n) is 4.52. The molecule has 2 aliphatic rings. The molecule has 0 aromatic carbocycles. The molecule has 0 bridgehead atoms. The minimum absolute atomic E-state index is 0.566. The Morgan fingerprint density at radius 1 is 1.24 bits per heavy atom. The Morgan fingerprint density at radius 2 is 1.95 bits per heavy atom. The van der Waals surface area contributed by atoms with Gasteiger partial charge in [0.25, 0.3) is 0 Å². The zero-order valence-corrected chi connectivity index (χ0v) is 14.6. The van der Waals surface area contributed by atoms with Crippen molar-refractivity contribution in [1.82, 2.24) is 10.2 Å². The normalized spacial score (nSPS) is 24.2. The summed E-state index contributed by atoms with van der Waals surface area (Å²) in [5.74, 6) is 0.668. The van der Waals surface area contributed by atoms with Crippen LogP contribution in [0.5, 0.6) is 0 Å². The number of ether oxygens (including phenoxy) is 1. The van der Waals surface area contributed by atoms with Gasteiger partial charge in [-0.25, -0.2) is 0 Å². The van der Waals surface area contributed by atoms with E-state index in [2.05, 4.69) is 50.3 Å². The van der Waals surface area contributed by atoms with Gasteiger partial charge in [0.05, 0.1) is 19.3 Å². The van der Waals surface area contributed by atoms with Crippen LogP contribution in [0.4, 0.5) is 0 Å². The second-order valence-corrected chi connectivity index (χ2v) is 6.54. The summed E-state index contributed by atoms with van der Waals surface area (Å²) in [7, 11) is 2.07. The van der Waals surface area contributed by atoms with Crippen molar-refractivity contribution in [3.05, 3.63) is 12.3 Å². The minimum atomic E-state index is 0.566. The molecule has 1 aliphatic carbocycles. The van der Waals surface area contributed by atoms with Gasteiger partial charge < -0.3 is 15.0 Å². The molecule has 0 amide bonds. The number of hydrogen-bond acceptors (Lipinski definition) is 3. The molecule has 0 spiro atoms. The molecular weight excluding hydrogens is 260 g/mol. The average molecular weight is 296 g/mol. The van der Waals surface area contributed by atoms with E-state index >= 15 is 0 Å². The minimum Gasteiger partial charge on any atom is -0.377 e. The predicted molar refractivity (Wildman–Crippen MR) is 91.5 cm³/mol. The molecule has 0 radical (unpaired) electrons. The van der Waals surface area contributed by atoms with E-state index in [1.54, 1.807) is 0 Å². The summed E-state index contributed by atoms with van der Waals surface area (Å²) in [6.07, 6.45) is 12.7. The van der Waals surface area contributed by atoms with E-state index in [9.17, 15) is 0 Å². The first-order valence-corrected chi connectivity index (χ1v) is 8.86. The van der Waals surface area contributed by atoms with E-state index in [-0.39, 0.29) is 0 Å². The topological polar surface area (TPSA) is 24.5 Å². The molecule has 1 atom stereocenters. The summed E-state index contributed by atoms with van der Waals surface area (Å²) < 4.78 is 5.48. The van der Waals surface area contributed by atoms with Crippen LogP contribution in [0.1, 0.15) is 59.3 Å². The maximum atomic E-state index is 5.48. The van der Waals surface area contributed by atoms with Crippen molar-refractivity contribution >= 4 is 0 Å². The fourth-order valence-corrected chi connectivity index (χ4v) is 3.03. The molecule has 2 rings (SSSR count). The first-order valence-electron chi connectivity index (χ1n) is 8.86. The molecule has 1 saturated carbocycles. The van der Waals surface area contributed by atoms with Gasteiger partial charge in [0, 0.05) is 12.6 Å². The van der Waals surface area contributed by atoms with Crippen molar-refractivity contribution in [1.29, 1.82) is 0 Å². The highest BCUT2D eigenvalue weighted by atomic mass is 16.5. The Morgan fingerprint density at radius 3 is 2.48 bits per heavy atom. The molecule has 21 heavy (non-hydrogen) atoms. The lowest BCUT2D eigenvalue weighted by Gasteiger charge is -2.37. The van der Waals surface area contributed by atoms with Crippen LogP contribution in [0.15, 0.2) is 12.3 Å². The van der Waals surface area contributed by atoms with Gasteiger partial charge in [0.15, 0.2) is 0 Å². The summed E-state index contributed by atoms with van der Waals surface area (Å²) in [5, 5.41) is 3.30. The molecule has 1 saturated heterocycles. The van der Waals surface area contributed by atoms with Crippen LogP contribution in [0.2, 0.25) is 0 Å². The number of nitrogens with zero attached hydrogens (tertiary/aromatic N) is 1. The highest BCUT2D eigenvalue weighted by molar-refractivity contribution is 4.89. The number of morpholine rings is 1. The SMILES string of the molecule is CC/C=C/N1CCOCC1C(C)C.CNC1CCCCC1. The highest BCUT2D eigenvalue weighted by Crippen LogP contribution is 2.16. The van der Waals surface area contributed by atoms with E-state index in [0.29, 0.717) is 12.0 Å². The molecule has 3 nitrogen and oxygen atoms in total. The Hall–Kier alpha value is -0.540. The number of allylic oxidation sites excluding steroid dienone is 1. The lowest BCUT2D eigenvalue weighted by molar-refractivity contribution is -0.000808. The smallest absolute Gasteiger partial charge is 0.0673 e. The largest absolute Gasteiger partial charge is 0.377 e. The Kier molecular flexibility index (Phi) is 9.77. The molecule has 1 heterocycles. The van der Waals surface area contributed by atoms with Gasteiger partial charge in [-0.1, -0.05) is 46.1 Å². The van der Waals surface area contributed by atoms with E-state index < -0.39 is 0 Å². The molecule has 1 unspecified atom stereocenters. The van der Waals surface area contributed by atoms with Gasteiger partial charge in [0.2, 0.25) is 0 Å². The number of nitrogens with one attached hydrogen (secondary N) is 1. The molecular formula is C18H36N2O. The van der Waals surface area contributed by atoms with E-state index in [0.717, 1.165) is 32.2 Å². The van der Waals surface area contributed by atoms with Gasteiger partial charge in [-0.15, -0.1) is 0 Å². The van der Waals surface area contributed by atoms with E-state index in [1.807, 2.05) is 0 Å². The average Bonchev–Trinajstić information content (AvgIpc) is 2.54. The lowest BCUT2D eigenvalue weighted by Crippen LogP contribution is -2.45. The zero-order chi connectivity index (χ0) is 15.5. The molecule has 0 aromatic heterocycles. The molecule has 1 N–H and O–H groups in total. The molecule has 1 aliphatic heterocycles. The zero-order valence-electron chi connectivity index (χ0n) is 14.6. The van der Waals surface area contributed by atoms with Crippen molar-refractivity contribution in [3.8, 4) is 0 Å². The Balaban J connectivity index is 0.000000235. The van der Waals surface area contributed by atoms with Gasteiger partial charge in [0.1, 0.15) is 0 Å². The molecule has 124 valence electrons. The second-order valence-electron chi connectivity index (χ2n) is 6.54. The molecule has 3 heteroatoms. The third kappa shape index (κ3) is 7.32. The summed E-state index contributed by atoms with van der Waals surface area (Å²) in [6.45, 7) is 9.47. The second kappa shape index (κ2) is 11.1. The van der Waals surface area contributed by atoms with Crippen LogP contribution in [-0.4, -0.2) is 43.8 Å². The third-order valence-corrected chi connectivity index (χ3v) is 4.52. The maximum absolute atomic E-state index is 5.48. The van der Waals surface area contributed by atoms with Crippen LogP contribution in [0, 0.1) is 5.92 Å². The first-order chi connectivity index (χ1) is 10.2. The summed E-state index contributed by atoms with van der Waals surface area (Å²) in [6, 6.07) is 1.40. The van der Waals surface area contributed by atoms with Gasteiger partial charge in [-0.3, -0.25) is 0 Å². The van der Waals surface area contributed by atoms with E-state index in [4.69, 9.17) is 4.74 Å². The van der Waals surface area contributed by atoms with Crippen LogP contribution in [0.25, 0.3) is 0 Å². The Labute approximate surface area is 132 Å². The first kappa shape index (κ1) is 18.5. The molecule has 2 fully saturated rings. The number of hydrogen-bond donors (Lipinski definition) is 1. The van der Waals surface area contributed by atoms with Crippen molar-refractivity contribution in [3.63, 3.8) is 0 Å². The van der Waals surface area contributed by atoms with Crippen molar-refractivity contribution in [2.75, 3.05) is 26.8 Å². The Bertz CT molecular complexity index is 272. The van der Waals surface area contributed by atoms with Crippen LogP contribution in [0.3, 0.4) is 0 Å². The van der Waals surface area contributed by atoms with Crippen molar-refractivity contribution in [2.45, 2.75) is 71.4 Å². The summed E-state index contributed by atoms with van der Waals surface area (Å²) >= 11 is 0. The van der Waals surface area contributed by atoms with E-state index in [1.165, 1.54) is 32.1 Å². The van der Waals surface area contributed by atoms with Gasteiger partial charge in [-0.05, 0) is 38.4 Å². The van der Waals surface area contributed by atoms with Crippen LogP contribution >= 0.6 is 0 Å². The monoisotopic (exact) mass is 296 g/mol. The fraction of sp³-hybridized carbons (Fsp3) is 0.889. The van der Waals surface area contributed by atoms with Crippen molar-refractivity contribution < 1.29 is 4.74 Å². The maximum Gasteiger partial charge on any atom is 0.0673 e. The van der Waals surface area contributed by atoms with Gasteiger partial charge in [-0.2, -0.15) is 0 Å². The van der Waals surface area contributed by atoms with Crippen molar-refractivity contribution in [2.24, 2.45) is 5.92 Å². The lowest BCUT2D eigenvalue weighted by atomic mass is 9.96. The summed E-state index contributed by atoms with van der Waals surface area (Å²) in [4.78, 5) is 2.41. The summed E-state index contributed by atoms with van der Waals surface area (Å²) in [5.41, 5.74) is 0.